The first-order valence-corrected chi connectivity index (χ1v) is 8.71. The number of halogens is 1. The van der Waals surface area contributed by atoms with Crippen molar-refractivity contribution in [2.24, 2.45) is 0 Å². The van der Waals surface area contributed by atoms with E-state index in [0.29, 0.717) is 16.8 Å². The van der Waals surface area contributed by atoms with Crippen molar-refractivity contribution in [1.29, 1.82) is 0 Å². The van der Waals surface area contributed by atoms with Crippen LogP contribution in [0, 0.1) is 18.2 Å². The Morgan fingerprint density at radius 3 is 2.96 bits per heavy atom. The van der Waals surface area contributed by atoms with Gasteiger partial charge in [0.1, 0.15) is 16.5 Å². The number of aryl methyl sites for hydroxylation is 2. The zero-order chi connectivity index (χ0) is 16.7. The Bertz CT molecular complexity index is 1040. The SMILES string of the molecule is C#CCn1c(Cc2ccccc2F)nc2sc3c(c2c1=O)CCC3. The van der Waals surface area contributed by atoms with Crippen molar-refractivity contribution in [2.45, 2.75) is 32.2 Å². The summed E-state index contributed by atoms with van der Waals surface area (Å²) in [4.78, 5) is 19.7. The second kappa shape index (κ2) is 5.88. The first-order valence-electron chi connectivity index (χ1n) is 7.90. The summed E-state index contributed by atoms with van der Waals surface area (Å²) in [5.41, 5.74) is 1.55. The van der Waals surface area contributed by atoms with Crippen LogP contribution in [0.2, 0.25) is 0 Å². The van der Waals surface area contributed by atoms with Gasteiger partial charge in [0.15, 0.2) is 0 Å². The third-order valence-corrected chi connectivity index (χ3v) is 5.65. The van der Waals surface area contributed by atoms with Gasteiger partial charge in [0, 0.05) is 11.3 Å². The second-order valence-corrected chi connectivity index (χ2v) is 7.01. The van der Waals surface area contributed by atoms with Crippen LogP contribution in [0.4, 0.5) is 4.39 Å². The molecule has 120 valence electrons. The molecule has 5 heteroatoms. The number of thiophene rings is 1. The van der Waals surface area contributed by atoms with Gasteiger partial charge < -0.3 is 0 Å². The van der Waals surface area contributed by atoms with Crippen LogP contribution in [0.5, 0.6) is 0 Å². The third-order valence-electron chi connectivity index (χ3n) is 4.46. The van der Waals surface area contributed by atoms with Gasteiger partial charge in [-0.1, -0.05) is 24.1 Å². The molecule has 0 unspecified atom stereocenters. The maximum Gasteiger partial charge on any atom is 0.263 e. The Morgan fingerprint density at radius 1 is 1.33 bits per heavy atom. The summed E-state index contributed by atoms with van der Waals surface area (Å²) in [5, 5.41) is 0.708. The molecule has 2 aromatic heterocycles. The molecule has 1 aliphatic carbocycles. The van der Waals surface area contributed by atoms with E-state index < -0.39 is 0 Å². The van der Waals surface area contributed by atoms with Gasteiger partial charge in [-0.15, -0.1) is 17.8 Å². The lowest BCUT2D eigenvalue weighted by atomic mass is 10.1. The van der Waals surface area contributed by atoms with E-state index in [2.05, 4.69) is 10.9 Å². The molecule has 0 atom stereocenters. The van der Waals surface area contributed by atoms with Crippen molar-refractivity contribution in [3.63, 3.8) is 0 Å². The fraction of sp³-hybridized carbons (Fsp3) is 0.263. The zero-order valence-corrected chi connectivity index (χ0v) is 13.8. The van der Waals surface area contributed by atoms with E-state index in [0.717, 1.165) is 29.7 Å². The molecule has 3 nitrogen and oxygen atoms in total. The fourth-order valence-electron chi connectivity index (χ4n) is 3.32. The Labute approximate surface area is 142 Å². The summed E-state index contributed by atoms with van der Waals surface area (Å²) >= 11 is 1.59. The summed E-state index contributed by atoms with van der Waals surface area (Å²) in [5.74, 6) is 2.75. The highest BCUT2D eigenvalue weighted by atomic mass is 32.1. The molecule has 3 aromatic rings. The molecule has 0 spiro atoms. The Hall–Kier alpha value is -2.45. The van der Waals surface area contributed by atoms with Crippen molar-refractivity contribution in [2.75, 3.05) is 0 Å². The van der Waals surface area contributed by atoms with Crippen molar-refractivity contribution in [1.82, 2.24) is 9.55 Å². The van der Waals surface area contributed by atoms with Gasteiger partial charge >= 0.3 is 0 Å². The van der Waals surface area contributed by atoms with Gasteiger partial charge in [0.25, 0.3) is 5.56 Å². The lowest BCUT2D eigenvalue weighted by molar-refractivity contribution is 0.607. The molecular formula is C19H15FN2OS. The number of nitrogens with zero attached hydrogens (tertiary/aromatic N) is 2. The molecule has 0 radical (unpaired) electrons. The molecule has 0 fully saturated rings. The van der Waals surface area contributed by atoms with Crippen molar-refractivity contribution in [3.8, 4) is 12.3 Å². The largest absolute Gasteiger partial charge is 0.284 e. The van der Waals surface area contributed by atoms with E-state index in [9.17, 15) is 9.18 Å². The fourth-order valence-corrected chi connectivity index (χ4v) is 4.59. The Morgan fingerprint density at radius 2 is 2.17 bits per heavy atom. The molecule has 0 N–H and O–H groups in total. The highest BCUT2D eigenvalue weighted by Crippen LogP contribution is 2.34. The maximum atomic E-state index is 14.0. The predicted molar refractivity (Wildman–Crippen MR) is 93.9 cm³/mol. The quantitative estimate of drug-likeness (QED) is 0.687. The second-order valence-electron chi connectivity index (χ2n) is 5.93. The maximum absolute atomic E-state index is 14.0. The summed E-state index contributed by atoms with van der Waals surface area (Å²) in [6.45, 7) is 0.149. The van der Waals surface area contributed by atoms with Gasteiger partial charge in [-0.25, -0.2) is 9.37 Å². The van der Waals surface area contributed by atoms with Crippen molar-refractivity contribution in [3.05, 3.63) is 62.3 Å². The number of fused-ring (bicyclic) bond motifs is 3. The lowest BCUT2D eigenvalue weighted by Gasteiger charge is -2.11. The van der Waals surface area contributed by atoms with Crippen LogP contribution in [0.1, 0.15) is 28.2 Å². The molecule has 0 aliphatic heterocycles. The van der Waals surface area contributed by atoms with E-state index in [1.54, 1.807) is 29.5 Å². The van der Waals surface area contributed by atoms with Crippen molar-refractivity contribution >= 4 is 21.6 Å². The van der Waals surface area contributed by atoms with Crippen LogP contribution in [0.25, 0.3) is 10.2 Å². The first kappa shape index (κ1) is 15.1. The minimum atomic E-state index is -0.298. The monoisotopic (exact) mass is 338 g/mol. The average molecular weight is 338 g/mol. The van der Waals surface area contributed by atoms with Crippen LogP contribution in [0.3, 0.4) is 0 Å². The number of hydrogen-bond donors (Lipinski definition) is 0. The highest BCUT2D eigenvalue weighted by Gasteiger charge is 2.23. The number of benzene rings is 1. The Balaban J connectivity index is 1.92. The van der Waals surface area contributed by atoms with Crippen LogP contribution >= 0.6 is 11.3 Å². The van der Waals surface area contributed by atoms with Crippen LogP contribution < -0.4 is 5.56 Å². The van der Waals surface area contributed by atoms with Crippen molar-refractivity contribution < 1.29 is 4.39 Å². The van der Waals surface area contributed by atoms with Gasteiger partial charge in [0.2, 0.25) is 0 Å². The van der Waals surface area contributed by atoms with E-state index in [1.165, 1.54) is 15.5 Å². The molecule has 24 heavy (non-hydrogen) atoms. The van der Waals surface area contributed by atoms with Gasteiger partial charge in [0.05, 0.1) is 11.9 Å². The zero-order valence-electron chi connectivity index (χ0n) is 13.0. The van der Waals surface area contributed by atoms with Crippen LogP contribution in [-0.4, -0.2) is 9.55 Å². The van der Waals surface area contributed by atoms with E-state index >= 15 is 0 Å². The minimum absolute atomic E-state index is 0.0938. The summed E-state index contributed by atoms with van der Waals surface area (Å²) in [6.07, 6.45) is 8.72. The van der Waals surface area contributed by atoms with E-state index in [4.69, 9.17) is 6.42 Å². The van der Waals surface area contributed by atoms with Crippen LogP contribution in [0.15, 0.2) is 29.1 Å². The molecule has 0 amide bonds. The summed E-state index contributed by atoms with van der Waals surface area (Å²) in [6, 6.07) is 6.55. The average Bonchev–Trinajstić information content (AvgIpc) is 3.13. The van der Waals surface area contributed by atoms with Gasteiger partial charge in [-0.05, 0) is 36.5 Å². The first-order chi connectivity index (χ1) is 11.7. The normalized spacial score (nSPS) is 13.2. The number of terminal acetylenes is 1. The topological polar surface area (TPSA) is 34.9 Å². The molecule has 0 saturated carbocycles. The molecule has 1 aromatic carbocycles. The van der Waals surface area contributed by atoms with Gasteiger partial charge in [-0.3, -0.25) is 9.36 Å². The smallest absolute Gasteiger partial charge is 0.263 e. The van der Waals surface area contributed by atoms with Crippen LogP contribution in [-0.2, 0) is 25.8 Å². The van der Waals surface area contributed by atoms with E-state index in [-0.39, 0.29) is 24.3 Å². The molecular weight excluding hydrogens is 323 g/mol. The molecule has 0 saturated heterocycles. The predicted octanol–water partition coefficient (Wildman–Crippen LogP) is 3.31. The molecule has 2 heterocycles. The lowest BCUT2D eigenvalue weighted by Crippen LogP contribution is -2.25. The van der Waals surface area contributed by atoms with Gasteiger partial charge in [-0.2, -0.15) is 0 Å². The summed E-state index contributed by atoms with van der Waals surface area (Å²) in [7, 11) is 0. The minimum Gasteiger partial charge on any atom is -0.284 e. The molecule has 0 bridgehead atoms. The summed E-state index contributed by atoms with van der Waals surface area (Å²) < 4.78 is 15.5. The van der Waals surface area contributed by atoms with E-state index in [1.807, 2.05) is 0 Å². The number of hydrogen-bond acceptors (Lipinski definition) is 3. The Kier molecular flexibility index (Phi) is 3.70. The highest BCUT2D eigenvalue weighted by molar-refractivity contribution is 7.18. The molecule has 4 rings (SSSR count). The number of aromatic nitrogens is 2. The molecule has 1 aliphatic rings. The third kappa shape index (κ3) is 2.35. The number of rotatable bonds is 3. The standard InChI is InChI=1S/C19H15FN2OS/c1-2-10-22-16(11-12-6-3-4-8-14(12)20)21-18-17(19(22)23)13-7-5-9-15(13)24-18/h1,3-4,6,8H,5,7,9-11H2.